The Balaban J connectivity index is 0.990. The Morgan fingerprint density at radius 3 is 2.50 bits per heavy atom. The Hall–Kier alpha value is -6.53. The highest BCUT2D eigenvalue weighted by atomic mass is 19.1. The second kappa shape index (κ2) is 18.2. The van der Waals surface area contributed by atoms with E-state index in [0.717, 1.165) is 16.7 Å². The Morgan fingerprint density at radius 2 is 1.76 bits per heavy atom. The number of nitrogens with zero attached hydrogens (tertiary/aromatic N) is 2. The molecule has 0 saturated carbocycles. The van der Waals surface area contributed by atoms with E-state index in [4.69, 9.17) is 15.5 Å². The molecule has 4 heterocycles. The maximum Gasteiger partial charge on any atom is 0.343 e. The second-order valence-corrected chi connectivity index (χ2v) is 15.8. The molecule has 18 heteroatoms. The van der Waals surface area contributed by atoms with Gasteiger partial charge in [-0.3, -0.25) is 28.8 Å². The van der Waals surface area contributed by atoms with Crippen molar-refractivity contribution in [2.24, 2.45) is 5.73 Å². The normalized spacial score (nSPS) is 17.5. The van der Waals surface area contributed by atoms with E-state index in [0.29, 0.717) is 52.7 Å². The number of aryl methyl sites for hydroxylation is 2. The van der Waals surface area contributed by atoms with Gasteiger partial charge in [-0.05, 0) is 73.8 Å². The second-order valence-electron chi connectivity index (χ2n) is 15.8. The number of hydrogen-bond donors (Lipinski definition) is 7. The van der Waals surface area contributed by atoms with Crippen LogP contribution in [0.1, 0.15) is 84.0 Å². The largest absolute Gasteiger partial charge is 0.458 e. The number of cyclic esters (lactones) is 1. The maximum absolute atomic E-state index is 15.3. The first-order valence-electron chi connectivity index (χ1n) is 20.7. The monoisotopic (exact) mass is 852 g/mol. The summed E-state index contributed by atoms with van der Waals surface area (Å²) < 4.78 is 22.0. The van der Waals surface area contributed by atoms with Crippen molar-refractivity contribution in [3.8, 4) is 11.4 Å². The first-order chi connectivity index (χ1) is 29.7. The number of carbonyl (C=O) groups is 6. The summed E-state index contributed by atoms with van der Waals surface area (Å²) in [7, 11) is 0. The highest BCUT2D eigenvalue weighted by Crippen LogP contribution is 2.46. The van der Waals surface area contributed by atoms with Gasteiger partial charge >= 0.3 is 5.97 Å². The van der Waals surface area contributed by atoms with Crippen LogP contribution in [0.2, 0.25) is 0 Å². The third kappa shape index (κ3) is 8.65. The molecule has 62 heavy (non-hydrogen) atoms. The number of carbonyl (C=O) groups excluding carboxylic acids is 6. The highest BCUT2D eigenvalue weighted by molar-refractivity contribution is 5.94. The van der Waals surface area contributed by atoms with Crippen LogP contribution in [0.15, 0.2) is 47.3 Å². The summed E-state index contributed by atoms with van der Waals surface area (Å²) in [6.45, 7) is 2.21. The highest BCUT2D eigenvalue weighted by Gasteiger charge is 2.46. The molecular weight excluding hydrogens is 804 g/mol. The number of nitrogens with two attached hydrogens (primary N) is 1. The van der Waals surface area contributed by atoms with Crippen molar-refractivity contribution in [2.75, 3.05) is 26.2 Å². The number of aliphatic hydroxyl groups is 1. The fraction of sp³-hybridized carbons (Fsp3) is 0.409. The van der Waals surface area contributed by atoms with Gasteiger partial charge in [-0.15, -0.1) is 0 Å². The molecule has 0 radical (unpaired) electrons. The molecule has 0 unspecified atom stereocenters. The van der Waals surface area contributed by atoms with E-state index in [-0.39, 0.29) is 82.0 Å². The summed E-state index contributed by atoms with van der Waals surface area (Å²) in [6, 6.07) is 10.8. The van der Waals surface area contributed by atoms with Crippen LogP contribution in [0.5, 0.6) is 0 Å². The molecule has 0 saturated heterocycles. The van der Waals surface area contributed by atoms with E-state index in [1.807, 2.05) is 30.3 Å². The van der Waals surface area contributed by atoms with Crippen LogP contribution in [0.4, 0.5) is 4.39 Å². The molecule has 0 bridgehead atoms. The minimum Gasteiger partial charge on any atom is -0.458 e. The van der Waals surface area contributed by atoms with Crippen molar-refractivity contribution in [3.63, 3.8) is 0 Å². The van der Waals surface area contributed by atoms with E-state index in [9.17, 15) is 38.7 Å². The number of rotatable bonds is 16. The quantitative estimate of drug-likeness (QED) is 0.0541. The summed E-state index contributed by atoms with van der Waals surface area (Å²) in [5.74, 6) is -3.80. The summed E-state index contributed by atoms with van der Waals surface area (Å²) in [6.07, 6.45) is 1.88. The van der Waals surface area contributed by atoms with Crippen molar-refractivity contribution < 1.29 is 43.0 Å². The number of esters is 1. The van der Waals surface area contributed by atoms with Crippen molar-refractivity contribution >= 4 is 46.4 Å². The molecule has 17 nitrogen and oxygen atoms in total. The Bertz CT molecular complexity index is 2550. The number of benzene rings is 2. The van der Waals surface area contributed by atoms with Crippen LogP contribution in [0.3, 0.4) is 0 Å². The average molecular weight is 853 g/mol. The molecule has 5 amide bonds. The van der Waals surface area contributed by atoms with Gasteiger partial charge in [0.15, 0.2) is 5.60 Å². The van der Waals surface area contributed by atoms with E-state index < -0.39 is 58.7 Å². The molecule has 1 aliphatic carbocycles. The Morgan fingerprint density at radius 1 is 1.00 bits per heavy atom. The number of nitrogens with one attached hydrogen (secondary N) is 5. The molecule has 0 fully saturated rings. The topological polar surface area (TPSA) is 253 Å². The zero-order valence-electron chi connectivity index (χ0n) is 34.5. The third-order valence-electron chi connectivity index (χ3n) is 11.9. The van der Waals surface area contributed by atoms with Gasteiger partial charge in [0.05, 0.1) is 54.7 Å². The van der Waals surface area contributed by atoms with Gasteiger partial charge in [0, 0.05) is 35.5 Å². The average Bonchev–Trinajstić information content (AvgIpc) is 3.64. The van der Waals surface area contributed by atoms with Crippen LogP contribution < -0.4 is 37.9 Å². The van der Waals surface area contributed by atoms with Gasteiger partial charge in [0.2, 0.25) is 29.5 Å². The maximum atomic E-state index is 15.3. The van der Waals surface area contributed by atoms with Crippen LogP contribution >= 0.6 is 0 Å². The number of ether oxygens (including phenoxy) is 1. The lowest BCUT2D eigenvalue weighted by atomic mass is 9.81. The minimum atomic E-state index is -2.02. The molecule has 7 rings (SSSR count). The molecule has 3 aliphatic rings. The van der Waals surface area contributed by atoms with Crippen LogP contribution in [-0.2, 0) is 65.1 Å². The van der Waals surface area contributed by atoms with Crippen LogP contribution in [0, 0.1) is 12.7 Å². The van der Waals surface area contributed by atoms with Crippen molar-refractivity contribution in [2.45, 2.75) is 89.6 Å². The number of halogens is 1. The Kier molecular flexibility index (Phi) is 12.8. The zero-order chi connectivity index (χ0) is 44.3. The molecule has 3 atom stereocenters. The smallest absolute Gasteiger partial charge is 0.343 e. The molecule has 8 N–H and O–H groups in total. The fourth-order valence-corrected chi connectivity index (χ4v) is 8.52. The van der Waals surface area contributed by atoms with Gasteiger partial charge in [-0.25, -0.2) is 14.2 Å². The van der Waals surface area contributed by atoms with Gasteiger partial charge in [-0.1, -0.05) is 37.3 Å². The van der Waals surface area contributed by atoms with Crippen LogP contribution in [-0.4, -0.2) is 82.4 Å². The molecule has 2 aromatic heterocycles. The summed E-state index contributed by atoms with van der Waals surface area (Å²) in [5, 5.41) is 25.4. The van der Waals surface area contributed by atoms with E-state index in [1.54, 1.807) is 19.9 Å². The van der Waals surface area contributed by atoms with E-state index in [1.165, 1.54) is 10.6 Å². The third-order valence-corrected chi connectivity index (χ3v) is 11.9. The van der Waals surface area contributed by atoms with Gasteiger partial charge in [0.25, 0.3) is 5.56 Å². The first kappa shape index (κ1) is 43.6. The molecule has 2 aromatic carbocycles. The Labute approximate surface area is 355 Å². The molecular formula is C44H49FN8O9. The van der Waals surface area contributed by atoms with E-state index >= 15 is 4.39 Å². The summed E-state index contributed by atoms with van der Waals surface area (Å²) >= 11 is 0. The minimum absolute atomic E-state index is 0.0234. The fourth-order valence-electron chi connectivity index (χ4n) is 8.52. The number of aromatic nitrogens is 2. The summed E-state index contributed by atoms with van der Waals surface area (Å²) in [5.41, 5.74) is 7.87. The van der Waals surface area contributed by atoms with Crippen molar-refractivity contribution in [1.29, 1.82) is 0 Å². The number of hydrogen-bond acceptors (Lipinski definition) is 11. The lowest BCUT2D eigenvalue weighted by Crippen LogP contribution is -2.51. The zero-order valence-corrected chi connectivity index (χ0v) is 34.5. The predicted octanol–water partition coefficient (Wildman–Crippen LogP) is 0.836. The molecule has 4 aromatic rings. The van der Waals surface area contributed by atoms with Gasteiger partial charge in [-0.2, -0.15) is 0 Å². The number of amides is 5. The lowest BCUT2D eigenvalue weighted by molar-refractivity contribution is -0.172. The van der Waals surface area contributed by atoms with Crippen molar-refractivity contribution in [1.82, 2.24) is 36.1 Å². The number of fused-ring (bicyclic) bond motifs is 5. The standard InChI is InChI=1S/C44H49FN8O9/c1-3-44(61)28-16-33-40-26(21-53(33)42(59)27(28)22-62-43(44)60)39-30(14-12-25-23(2)29(45)17-32(52-40)38(25)39)50-34(54)10-7-15-47-36(56)19-49-41(58)31(13-11-24-8-5-4-6-9-24)51-37(57)20-48-35(55)18-46/h4-6,8-9,16-17,30-31,61H,3,7,10-15,18-22,46H2,1-2H3,(H,47,56)(H,48,55)(H,49,58)(H,50,54)(H,51,57)/t30-,31-,44-/m0/s1. The van der Waals surface area contributed by atoms with Gasteiger partial charge in [0.1, 0.15) is 18.5 Å². The SMILES string of the molecule is CC[C@@]1(O)C(=O)OCc2c1cc1n(c2=O)Cc2c-1nc1cc(F)c(C)c3c1c2[C@@H](NC(=O)CCCNC(=O)CNC(=O)[C@H](CCc1ccccc1)NC(=O)CNC(=O)CN)CC3. The molecule has 326 valence electrons. The van der Waals surface area contributed by atoms with Gasteiger partial charge < -0.3 is 46.7 Å². The van der Waals surface area contributed by atoms with Crippen LogP contribution in [0.25, 0.3) is 22.3 Å². The molecule has 2 aliphatic heterocycles. The number of pyridine rings is 2. The predicted molar refractivity (Wildman–Crippen MR) is 222 cm³/mol. The van der Waals surface area contributed by atoms with E-state index in [2.05, 4.69) is 26.6 Å². The molecule has 0 spiro atoms. The summed E-state index contributed by atoms with van der Waals surface area (Å²) in [4.78, 5) is 94.8. The lowest BCUT2D eigenvalue weighted by Gasteiger charge is -2.31. The first-order valence-corrected chi connectivity index (χ1v) is 20.7. The van der Waals surface area contributed by atoms with Crippen molar-refractivity contribution in [3.05, 3.63) is 97.6 Å².